The van der Waals surface area contributed by atoms with Gasteiger partial charge in [-0.2, -0.15) is 0 Å². The summed E-state index contributed by atoms with van der Waals surface area (Å²) in [5.41, 5.74) is 2.54. The fourth-order valence-electron chi connectivity index (χ4n) is 2.10. The van der Waals surface area contributed by atoms with E-state index in [-0.39, 0.29) is 24.3 Å². The summed E-state index contributed by atoms with van der Waals surface area (Å²) in [4.78, 5) is 35.3. The minimum Gasteiger partial charge on any atom is -0.355 e. The van der Waals surface area contributed by atoms with Crippen molar-refractivity contribution in [2.75, 3.05) is 18.9 Å². The van der Waals surface area contributed by atoms with E-state index in [4.69, 9.17) is 0 Å². The Morgan fingerprint density at radius 1 is 0.917 bits per heavy atom. The molecule has 0 fully saturated rings. The van der Waals surface area contributed by atoms with Crippen LogP contribution in [-0.2, 0) is 4.79 Å². The summed E-state index contributed by atoms with van der Waals surface area (Å²) in [5, 5.41) is 7.75. The van der Waals surface area contributed by atoms with Gasteiger partial charge in [0, 0.05) is 23.9 Å². The van der Waals surface area contributed by atoms with E-state index in [1.807, 2.05) is 13.0 Å². The molecule has 0 saturated carbocycles. The first-order valence-corrected chi connectivity index (χ1v) is 7.46. The number of carbonyl (C=O) groups is 3. The second kappa shape index (κ2) is 7.92. The van der Waals surface area contributed by atoms with Crippen LogP contribution in [0.25, 0.3) is 0 Å². The number of nitrogens with one attached hydrogen (secondary N) is 3. The Morgan fingerprint density at radius 3 is 2.25 bits per heavy atom. The maximum Gasteiger partial charge on any atom is 0.251 e. The molecule has 0 aliphatic carbocycles. The predicted molar refractivity (Wildman–Crippen MR) is 92.0 cm³/mol. The SMILES string of the molecule is CNC(=O)c1ccc(NC(=O)CNC(=O)c2cccc(C)c2)cc1. The minimum absolute atomic E-state index is 0.135. The van der Waals surface area contributed by atoms with Gasteiger partial charge in [-0.3, -0.25) is 14.4 Å². The zero-order valence-corrected chi connectivity index (χ0v) is 13.6. The quantitative estimate of drug-likeness (QED) is 0.782. The van der Waals surface area contributed by atoms with Crippen LogP contribution in [0, 0.1) is 6.92 Å². The van der Waals surface area contributed by atoms with Crippen molar-refractivity contribution in [3.05, 3.63) is 65.2 Å². The molecule has 0 aliphatic heterocycles. The third-order valence-electron chi connectivity index (χ3n) is 3.35. The van der Waals surface area contributed by atoms with Crippen LogP contribution >= 0.6 is 0 Å². The summed E-state index contributed by atoms with van der Waals surface area (Å²) in [7, 11) is 1.55. The number of hydrogen-bond donors (Lipinski definition) is 3. The number of carbonyl (C=O) groups excluding carboxylic acids is 3. The molecule has 6 nitrogen and oxygen atoms in total. The minimum atomic E-state index is -0.344. The highest BCUT2D eigenvalue weighted by molar-refractivity contribution is 6.00. The molecule has 0 atom stereocenters. The lowest BCUT2D eigenvalue weighted by atomic mass is 10.1. The zero-order valence-electron chi connectivity index (χ0n) is 13.6. The van der Waals surface area contributed by atoms with Crippen molar-refractivity contribution >= 4 is 23.4 Å². The average Bonchev–Trinajstić information content (AvgIpc) is 2.59. The summed E-state index contributed by atoms with van der Waals surface area (Å²) >= 11 is 0. The highest BCUT2D eigenvalue weighted by Crippen LogP contribution is 2.09. The second-order valence-corrected chi connectivity index (χ2v) is 5.26. The van der Waals surface area contributed by atoms with Crippen LogP contribution in [0.3, 0.4) is 0 Å². The van der Waals surface area contributed by atoms with E-state index in [1.165, 1.54) is 0 Å². The predicted octanol–water partition coefficient (Wildman–Crippen LogP) is 1.72. The van der Waals surface area contributed by atoms with Crippen LogP contribution in [-0.4, -0.2) is 31.3 Å². The van der Waals surface area contributed by atoms with Crippen molar-refractivity contribution < 1.29 is 14.4 Å². The Bertz CT molecular complexity index is 754. The molecule has 24 heavy (non-hydrogen) atoms. The molecule has 124 valence electrons. The van der Waals surface area contributed by atoms with Gasteiger partial charge in [0.1, 0.15) is 0 Å². The Kier molecular flexibility index (Phi) is 5.68. The smallest absolute Gasteiger partial charge is 0.251 e. The Morgan fingerprint density at radius 2 is 1.62 bits per heavy atom. The van der Waals surface area contributed by atoms with E-state index < -0.39 is 0 Å². The highest BCUT2D eigenvalue weighted by atomic mass is 16.2. The van der Waals surface area contributed by atoms with Gasteiger partial charge < -0.3 is 16.0 Å². The van der Waals surface area contributed by atoms with Gasteiger partial charge in [0.15, 0.2) is 0 Å². The molecule has 2 aromatic rings. The number of hydrogen-bond acceptors (Lipinski definition) is 3. The summed E-state index contributed by atoms with van der Waals surface area (Å²) in [6.07, 6.45) is 0. The van der Waals surface area contributed by atoms with Crippen LogP contribution in [0.4, 0.5) is 5.69 Å². The number of aryl methyl sites for hydroxylation is 1. The summed E-state index contributed by atoms with van der Waals surface area (Å²) in [6, 6.07) is 13.6. The molecule has 3 N–H and O–H groups in total. The van der Waals surface area contributed by atoms with Gasteiger partial charge in [0.25, 0.3) is 11.8 Å². The van der Waals surface area contributed by atoms with Gasteiger partial charge in [-0.25, -0.2) is 0 Å². The van der Waals surface area contributed by atoms with Crippen molar-refractivity contribution in [1.82, 2.24) is 10.6 Å². The largest absolute Gasteiger partial charge is 0.355 e. The molecule has 0 radical (unpaired) electrons. The lowest BCUT2D eigenvalue weighted by Gasteiger charge is -2.08. The molecule has 0 aromatic heterocycles. The van der Waals surface area contributed by atoms with Gasteiger partial charge in [0.2, 0.25) is 5.91 Å². The van der Waals surface area contributed by atoms with Crippen LogP contribution < -0.4 is 16.0 Å². The molecular formula is C18H19N3O3. The van der Waals surface area contributed by atoms with E-state index in [0.717, 1.165) is 5.56 Å². The summed E-state index contributed by atoms with van der Waals surface area (Å²) < 4.78 is 0. The van der Waals surface area contributed by atoms with Crippen molar-refractivity contribution in [1.29, 1.82) is 0 Å². The van der Waals surface area contributed by atoms with Gasteiger partial charge in [-0.15, -0.1) is 0 Å². The summed E-state index contributed by atoms with van der Waals surface area (Å²) in [6.45, 7) is 1.76. The fraction of sp³-hybridized carbons (Fsp3) is 0.167. The third kappa shape index (κ3) is 4.67. The number of benzene rings is 2. The third-order valence-corrected chi connectivity index (χ3v) is 3.35. The fourth-order valence-corrected chi connectivity index (χ4v) is 2.10. The van der Waals surface area contributed by atoms with Crippen molar-refractivity contribution in [2.24, 2.45) is 0 Å². The Labute approximate surface area is 140 Å². The summed E-state index contributed by atoms with van der Waals surface area (Å²) in [5.74, 6) is -0.842. The maximum absolute atomic E-state index is 12.0. The first kappa shape index (κ1) is 17.2. The Balaban J connectivity index is 1.87. The number of amides is 3. The molecular weight excluding hydrogens is 306 g/mol. The van der Waals surface area contributed by atoms with Crippen LogP contribution in [0.5, 0.6) is 0 Å². The lowest BCUT2D eigenvalue weighted by molar-refractivity contribution is -0.115. The molecule has 0 spiro atoms. The van der Waals surface area contributed by atoms with Crippen LogP contribution in [0.15, 0.2) is 48.5 Å². The molecule has 0 bridgehead atoms. The molecule has 2 aromatic carbocycles. The monoisotopic (exact) mass is 325 g/mol. The van der Waals surface area contributed by atoms with E-state index in [1.54, 1.807) is 49.5 Å². The van der Waals surface area contributed by atoms with Gasteiger partial charge in [-0.1, -0.05) is 17.7 Å². The van der Waals surface area contributed by atoms with E-state index in [0.29, 0.717) is 16.8 Å². The molecule has 0 saturated heterocycles. The number of anilines is 1. The van der Waals surface area contributed by atoms with Crippen molar-refractivity contribution in [3.8, 4) is 0 Å². The normalized spacial score (nSPS) is 9.92. The lowest BCUT2D eigenvalue weighted by Crippen LogP contribution is -2.32. The van der Waals surface area contributed by atoms with Gasteiger partial charge in [-0.05, 0) is 43.3 Å². The van der Waals surface area contributed by atoms with E-state index in [2.05, 4.69) is 16.0 Å². The van der Waals surface area contributed by atoms with Gasteiger partial charge in [0.05, 0.1) is 6.54 Å². The molecule has 0 aliphatic rings. The standard InChI is InChI=1S/C18H19N3O3/c1-12-4-3-5-14(10-12)18(24)20-11-16(22)21-15-8-6-13(7-9-15)17(23)19-2/h3-10H,11H2,1-2H3,(H,19,23)(H,20,24)(H,21,22). The first-order valence-electron chi connectivity index (χ1n) is 7.46. The number of rotatable bonds is 5. The maximum atomic E-state index is 12.0. The van der Waals surface area contributed by atoms with Crippen LogP contribution in [0.2, 0.25) is 0 Å². The zero-order chi connectivity index (χ0) is 17.5. The van der Waals surface area contributed by atoms with E-state index >= 15 is 0 Å². The highest BCUT2D eigenvalue weighted by Gasteiger charge is 2.09. The second-order valence-electron chi connectivity index (χ2n) is 5.26. The Hall–Kier alpha value is -3.15. The van der Waals surface area contributed by atoms with Crippen molar-refractivity contribution in [3.63, 3.8) is 0 Å². The van der Waals surface area contributed by atoms with Gasteiger partial charge >= 0.3 is 0 Å². The van der Waals surface area contributed by atoms with E-state index in [9.17, 15) is 14.4 Å². The van der Waals surface area contributed by atoms with Crippen molar-refractivity contribution in [2.45, 2.75) is 6.92 Å². The first-order chi connectivity index (χ1) is 11.5. The average molecular weight is 325 g/mol. The molecule has 0 heterocycles. The van der Waals surface area contributed by atoms with Crippen LogP contribution in [0.1, 0.15) is 26.3 Å². The topological polar surface area (TPSA) is 87.3 Å². The molecule has 2 rings (SSSR count). The molecule has 0 unspecified atom stereocenters. The molecule has 3 amide bonds. The molecule has 6 heteroatoms.